The molecular formula is C21H39N5O2. The second-order valence-electron chi connectivity index (χ2n) is 8.82. The standard InChI is InChI=1S/C21H39N5O2/c1-25(2)19(27)16-22-20(24-18-8-4-5-9-18)23-17-21(10-6-3-7-11-21)26-12-14-28-15-13-26/h18H,3-17H2,1-2H3,(H2,22,23,24). The molecule has 3 aliphatic rings. The SMILES string of the molecule is CN(C)C(=O)CN=C(NCC1(N2CCOCC2)CCCCC1)NC1CCCC1. The minimum atomic E-state index is 0.0353. The van der Waals surface area contributed by atoms with Gasteiger partial charge in [0.05, 0.1) is 13.2 Å². The quantitative estimate of drug-likeness (QED) is 0.530. The van der Waals surface area contributed by atoms with Crippen LogP contribution in [0.25, 0.3) is 0 Å². The molecular weight excluding hydrogens is 354 g/mol. The van der Waals surface area contributed by atoms with Crippen LogP contribution in [-0.2, 0) is 9.53 Å². The van der Waals surface area contributed by atoms with Crippen LogP contribution in [0.1, 0.15) is 57.8 Å². The van der Waals surface area contributed by atoms with Crippen molar-refractivity contribution in [3.8, 4) is 0 Å². The first kappa shape index (κ1) is 21.4. The van der Waals surface area contributed by atoms with Gasteiger partial charge < -0.3 is 20.3 Å². The molecule has 7 heteroatoms. The van der Waals surface area contributed by atoms with Crippen LogP contribution < -0.4 is 10.6 Å². The lowest BCUT2D eigenvalue weighted by Gasteiger charge is -2.48. The third-order valence-corrected chi connectivity index (χ3v) is 6.62. The second-order valence-corrected chi connectivity index (χ2v) is 8.82. The van der Waals surface area contributed by atoms with Crippen molar-refractivity contribution in [2.45, 2.75) is 69.4 Å². The summed E-state index contributed by atoms with van der Waals surface area (Å²) in [5.41, 5.74) is 0.186. The van der Waals surface area contributed by atoms with Gasteiger partial charge in [-0.25, -0.2) is 4.99 Å². The molecule has 28 heavy (non-hydrogen) atoms. The molecule has 3 fully saturated rings. The lowest BCUT2D eigenvalue weighted by Crippen LogP contribution is -2.60. The summed E-state index contributed by atoms with van der Waals surface area (Å²) in [7, 11) is 3.57. The fourth-order valence-electron chi connectivity index (χ4n) is 4.80. The number of hydrogen-bond donors (Lipinski definition) is 2. The van der Waals surface area contributed by atoms with Gasteiger partial charge in [0.25, 0.3) is 0 Å². The molecule has 1 heterocycles. The number of amides is 1. The molecule has 0 spiro atoms. The minimum Gasteiger partial charge on any atom is -0.379 e. The Morgan fingerprint density at radius 3 is 2.43 bits per heavy atom. The van der Waals surface area contributed by atoms with Crippen molar-refractivity contribution in [2.24, 2.45) is 4.99 Å². The number of hydrogen-bond acceptors (Lipinski definition) is 4. The number of nitrogens with one attached hydrogen (secondary N) is 2. The number of aliphatic imine (C=N–C) groups is 1. The molecule has 0 unspecified atom stereocenters. The van der Waals surface area contributed by atoms with Gasteiger partial charge in [-0.2, -0.15) is 0 Å². The fourth-order valence-corrected chi connectivity index (χ4v) is 4.80. The zero-order valence-corrected chi connectivity index (χ0v) is 17.8. The van der Waals surface area contributed by atoms with Gasteiger partial charge in [-0.15, -0.1) is 0 Å². The number of ether oxygens (including phenoxy) is 1. The molecule has 1 aliphatic heterocycles. The van der Waals surface area contributed by atoms with Crippen LogP contribution >= 0.6 is 0 Å². The minimum absolute atomic E-state index is 0.0353. The highest BCUT2D eigenvalue weighted by Crippen LogP contribution is 2.33. The Kier molecular flexibility index (Phi) is 7.97. The Morgan fingerprint density at radius 2 is 1.79 bits per heavy atom. The van der Waals surface area contributed by atoms with Crippen molar-refractivity contribution in [1.29, 1.82) is 0 Å². The lowest BCUT2D eigenvalue weighted by atomic mass is 9.80. The Hall–Kier alpha value is -1.34. The van der Waals surface area contributed by atoms with Crippen molar-refractivity contribution >= 4 is 11.9 Å². The van der Waals surface area contributed by atoms with E-state index in [1.165, 1.54) is 57.8 Å². The van der Waals surface area contributed by atoms with Crippen molar-refractivity contribution in [3.63, 3.8) is 0 Å². The van der Waals surface area contributed by atoms with Crippen molar-refractivity contribution in [2.75, 3.05) is 53.5 Å². The van der Waals surface area contributed by atoms with E-state index >= 15 is 0 Å². The van der Waals surface area contributed by atoms with E-state index in [1.807, 2.05) is 0 Å². The Balaban J connectivity index is 1.66. The summed E-state index contributed by atoms with van der Waals surface area (Å²) >= 11 is 0. The molecule has 2 N–H and O–H groups in total. The molecule has 0 aromatic heterocycles. The lowest BCUT2D eigenvalue weighted by molar-refractivity contribution is -0.127. The van der Waals surface area contributed by atoms with Crippen LogP contribution in [0, 0.1) is 0 Å². The summed E-state index contributed by atoms with van der Waals surface area (Å²) in [5.74, 6) is 0.841. The summed E-state index contributed by atoms with van der Waals surface area (Å²) in [6.07, 6.45) is 11.3. The van der Waals surface area contributed by atoms with Crippen molar-refractivity contribution in [1.82, 2.24) is 20.4 Å². The molecule has 0 aromatic carbocycles. The van der Waals surface area contributed by atoms with E-state index in [2.05, 4.69) is 20.5 Å². The van der Waals surface area contributed by atoms with E-state index in [9.17, 15) is 4.79 Å². The molecule has 2 saturated carbocycles. The molecule has 7 nitrogen and oxygen atoms in total. The van der Waals surface area contributed by atoms with Crippen LogP contribution in [0.4, 0.5) is 0 Å². The highest BCUT2D eigenvalue weighted by Gasteiger charge is 2.38. The highest BCUT2D eigenvalue weighted by atomic mass is 16.5. The monoisotopic (exact) mass is 393 g/mol. The van der Waals surface area contributed by atoms with Gasteiger partial charge in [-0.1, -0.05) is 32.1 Å². The summed E-state index contributed by atoms with van der Waals surface area (Å²) in [6, 6.07) is 0.478. The molecule has 2 aliphatic carbocycles. The number of rotatable bonds is 6. The topological polar surface area (TPSA) is 69.2 Å². The van der Waals surface area contributed by atoms with Crippen LogP contribution in [0.2, 0.25) is 0 Å². The third-order valence-electron chi connectivity index (χ3n) is 6.62. The van der Waals surface area contributed by atoms with Crippen LogP contribution in [-0.4, -0.2) is 86.7 Å². The largest absolute Gasteiger partial charge is 0.379 e. The molecule has 0 atom stereocenters. The van der Waals surface area contributed by atoms with E-state index in [1.54, 1.807) is 19.0 Å². The first-order valence-corrected chi connectivity index (χ1v) is 11.2. The smallest absolute Gasteiger partial charge is 0.243 e. The van der Waals surface area contributed by atoms with Crippen molar-refractivity contribution in [3.05, 3.63) is 0 Å². The molecule has 0 bridgehead atoms. The summed E-state index contributed by atoms with van der Waals surface area (Å²) < 4.78 is 5.60. The van der Waals surface area contributed by atoms with Crippen LogP contribution in [0.3, 0.4) is 0 Å². The summed E-state index contributed by atoms with van der Waals surface area (Å²) in [4.78, 5) is 20.9. The van der Waals surface area contributed by atoms with Gasteiger partial charge >= 0.3 is 0 Å². The molecule has 160 valence electrons. The first-order valence-electron chi connectivity index (χ1n) is 11.2. The van der Waals surface area contributed by atoms with E-state index in [0.717, 1.165) is 38.8 Å². The zero-order valence-electron chi connectivity index (χ0n) is 17.8. The predicted molar refractivity (Wildman–Crippen MR) is 113 cm³/mol. The number of likely N-dealkylation sites (N-methyl/N-ethyl adjacent to an activating group) is 1. The number of guanidine groups is 1. The van der Waals surface area contributed by atoms with E-state index in [0.29, 0.717) is 6.04 Å². The zero-order chi connectivity index (χ0) is 19.8. The number of carbonyl (C=O) groups excluding carboxylic acids is 1. The second kappa shape index (κ2) is 10.4. The van der Waals surface area contributed by atoms with E-state index < -0.39 is 0 Å². The Morgan fingerprint density at radius 1 is 1.11 bits per heavy atom. The molecule has 1 saturated heterocycles. The number of nitrogens with zero attached hydrogens (tertiary/aromatic N) is 3. The normalized spacial score (nSPS) is 24.1. The first-order chi connectivity index (χ1) is 13.6. The van der Waals surface area contributed by atoms with Gasteiger partial charge in [0.15, 0.2) is 5.96 Å². The predicted octanol–water partition coefficient (Wildman–Crippen LogP) is 1.59. The highest BCUT2D eigenvalue weighted by molar-refractivity contribution is 5.85. The third kappa shape index (κ3) is 5.83. The molecule has 1 amide bonds. The van der Waals surface area contributed by atoms with Gasteiger partial charge in [-0.05, 0) is 25.7 Å². The Bertz CT molecular complexity index is 519. The van der Waals surface area contributed by atoms with E-state index in [4.69, 9.17) is 4.74 Å². The number of morpholine rings is 1. The molecule has 0 radical (unpaired) electrons. The van der Waals surface area contributed by atoms with Crippen LogP contribution in [0.15, 0.2) is 4.99 Å². The van der Waals surface area contributed by atoms with Gasteiger partial charge in [0.2, 0.25) is 5.91 Å². The maximum atomic E-state index is 12.0. The van der Waals surface area contributed by atoms with Crippen LogP contribution in [0.5, 0.6) is 0 Å². The maximum absolute atomic E-state index is 12.0. The maximum Gasteiger partial charge on any atom is 0.243 e. The summed E-state index contributed by atoms with van der Waals surface area (Å²) in [5, 5.41) is 7.23. The average Bonchev–Trinajstić information content (AvgIpc) is 3.24. The molecule has 0 aromatic rings. The van der Waals surface area contributed by atoms with Gasteiger partial charge in [-0.3, -0.25) is 9.69 Å². The van der Waals surface area contributed by atoms with E-state index in [-0.39, 0.29) is 18.0 Å². The molecule has 3 rings (SSSR count). The van der Waals surface area contributed by atoms with Crippen molar-refractivity contribution < 1.29 is 9.53 Å². The van der Waals surface area contributed by atoms with Gasteiger partial charge in [0.1, 0.15) is 6.54 Å². The summed E-state index contributed by atoms with van der Waals surface area (Å²) in [6.45, 7) is 4.79. The van der Waals surface area contributed by atoms with Gasteiger partial charge in [0, 0.05) is 45.3 Å². The average molecular weight is 394 g/mol. The number of carbonyl (C=O) groups is 1. The Labute approximate surface area is 170 Å². The fraction of sp³-hybridized carbons (Fsp3) is 0.905.